The number of halogens is 1. The first-order chi connectivity index (χ1) is 13.1. The van der Waals surface area contributed by atoms with Gasteiger partial charge in [-0.2, -0.15) is 9.97 Å². The Morgan fingerprint density at radius 1 is 0.815 bits per heavy atom. The van der Waals surface area contributed by atoms with Gasteiger partial charge in [-0.1, -0.05) is 35.4 Å². The number of benzene rings is 2. The number of nitrogens with zero attached hydrogens (tertiary/aromatic N) is 4. The van der Waals surface area contributed by atoms with Crippen LogP contribution in [0.2, 0.25) is 5.02 Å². The van der Waals surface area contributed by atoms with Crippen LogP contribution in [0.5, 0.6) is 0 Å². The molecule has 0 aliphatic carbocycles. The Morgan fingerprint density at radius 3 is 2.33 bits per heavy atom. The van der Waals surface area contributed by atoms with Crippen LogP contribution in [-0.4, -0.2) is 19.9 Å². The number of hydrogen-bond acceptors (Lipinski definition) is 6. The summed E-state index contributed by atoms with van der Waals surface area (Å²) in [5.74, 6) is 0.996. The van der Waals surface area contributed by atoms with E-state index in [1.165, 1.54) is 5.56 Å². The molecular weight excluding hydrogens is 360 g/mol. The van der Waals surface area contributed by atoms with Gasteiger partial charge >= 0.3 is 0 Å². The quantitative estimate of drug-likeness (QED) is 0.511. The fourth-order valence-electron chi connectivity index (χ4n) is 2.58. The third-order valence-corrected chi connectivity index (χ3v) is 4.48. The van der Waals surface area contributed by atoms with Gasteiger partial charge in [-0.25, -0.2) is 9.97 Å². The minimum absolute atomic E-state index is 0.414. The maximum atomic E-state index is 6.21. The molecule has 27 heavy (non-hydrogen) atoms. The zero-order valence-electron chi connectivity index (χ0n) is 14.9. The fourth-order valence-corrected chi connectivity index (χ4v) is 2.76. The van der Waals surface area contributed by atoms with Gasteiger partial charge in [0.15, 0.2) is 17.0 Å². The van der Waals surface area contributed by atoms with E-state index in [0.717, 1.165) is 16.9 Å². The number of aryl methyl sites for hydroxylation is 2. The topological polar surface area (TPSA) is 75.6 Å². The monoisotopic (exact) mass is 376 g/mol. The van der Waals surface area contributed by atoms with Crippen molar-refractivity contribution in [2.75, 3.05) is 10.6 Å². The Balaban J connectivity index is 1.73. The van der Waals surface area contributed by atoms with Crippen molar-refractivity contribution in [3.05, 3.63) is 71.0 Å². The third-order valence-electron chi connectivity index (χ3n) is 4.08. The zero-order valence-corrected chi connectivity index (χ0v) is 15.6. The lowest BCUT2D eigenvalue weighted by molar-refractivity contribution is 1.15. The Kier molecular flexibility index (Phi) is 4.56. The van der Waals surface area contributed by atoms with Gasteiger partial charge in [-0.05, 0) is 43.7 Å². The Hall–Kier alpha value is -3.25. The second-order valence-electron chi connectivity index (χ2n) is 6.20. The Bertz CT molecular complexity index is 1110. The van der Waals surface area contributed by atoms with Gasteiger partial charge in [0.05, 0.1) is 0 Å². The van der Waals surface area contributed by atoms with Crippen molar-refractivity contribution in [2.24, 2.45) is 0 Å². The van der Waals surface area contributed by atoms with Crippen LogP contribution in [0.1, 0.15) is 11.1 Å². The van der Waals surface area contributed by atoms with Crippen LogP contribution in [0.4, 0.5) is 23.1 Å². The number of aromatic nitrogens is 4. The predicted octanol–water partition coefficient (Wildman–Crippen LogP) is 5.18. The standard InChI is InChI=1S/C20H17ClN6/c1-12-3-6-14(7-4-12)24-19-17-18(23-10-9-22-17)26-20(27-19)25-15-8-5-13(2)16(21)11-15/h3-11H,1-2H3,(H2,23,24,25,26,27). The summed E-state index contributed by atoms with van der Waals surface area (Å²) in [6.07, 6.45) is 3.23. The molecule has 0 saturated carbocycles. The number of rotatable bonds is 4. The van der Waals surface area contributed by atoms with Crippen molar-refractivity contribution in [3.63, 3.8) is 0 Å². The number of anilines is 4. The van der Waals surface area contributed by atoms with Gasteiger partial charge in [0.1, 0.15) is 0 Å². The van der Waals surface area contributed by atoms with Gasteiger partial charge in [0, 0.05) is 28.8 Å². The predicted molar refractivity (Wildman–Crippen MR) is 109 cm³/mol. The Morgan fingerprint density at radius 2 is 1.56 bits per heavy atom. The largest absolute Gasteiger partial charge is 0.338 e. The Labute approximate surface area is 161 Å². The van der Waals surface area contributed by atoms with E-state index in [4.69, 9.17) is 11.6 Å². The molecule has 2 N–H and O–H groups in total. The molecule has 0 fully saturated rings. The molecule has 0 saturated heterocycles. The summed E-state index contributed by atoms with van der Waals surface area (Å²) in [5, 5.41) is 7.17. The first-order valence-electron chi connectivity index (χ1n) is 8.44. The molecule has 0 spiro atoms. The molecular formula is C20H17ClN6. The smallest absolute Gasteiger partial charge is 0.231 e. The lowest BCUT2D eigenvalue weighted by Gasteiger charge is -2.11. The molecule has 0 aliphatic rings. The molecule has 4 aromatic rings. The number of hydrogen-bond donors (Lipinski definition) is 2. The molecule has 0 amide bonds. The summed E-state index contributed by atoms with van der Waals surface area (Å²) in [4.78, 5) is 17.7. The average molecular weight is 377 g/mol. The van der Waals surface area contributed by atoms with E-state index in [1.54, 1.807) is 12.4 Å². The van der Waals surface area contributed by atoms with Crippen molar-refractivity contribution < 1.29 is 0 Å². The van der Waals surface area contributed by atoms with Gasteiger partial charge in [0.2, 0.25) is 5.95 Å². The van der Waals surface area contributed by atoms with E-state index in [0.29, 0.717) is 28.0 Å². The van der Waals surface area contributed by atoms with Crippen molar-refractivity contribution >= 4 is 45.9 Å². The third kappa shape index (κ3) is 3.80. The minimum Gasteiger partial charge on any atom is -0.338 e. The van der Waals surface area contributed by atoms with E-state index in [-0.39, 0.29) is 0 Å². The zero-order chi connectivity index (χ0) is 18.8. The lowest BCUT2D eigenvalue weighted by Crippen LogP contribution is -2.04. The molecule has 0 radical (unpaired) electrons. The van der Waals surface area contributed by atoms with E-state index in [2.05, 4.69) is 30.6 Å². The molecule has 6 nitrogen and oxygen atoms in total. The highest BCUT2D eigenvalue weighted by molar-refractivity contribution is 6.31. The first-order valence-corrected chi connectivity index (χ1v) is 8.82. The molecule has 0 atom stereocenters. The summed E-state index contributed by atoms with van der Waals surface area (Å²) in [5.41, 5.74) is 5.01. The van der Waals surface area contributed by atoms with E-state index in [1.807, 2.05) is 56.3 Å². The normalized spacial score (nSPS) is 10.8. The number of fused-ring (bicyclic) bond motifs is 1. The SMILES string of the molecule is Cc1ccc(Nc2nc(Nc3ccc(C)c(Cl)c3)nc3nccnc23)cc1. The van der Waals surface area contributed by atoms with Crippen LogP contribution in [0.25, 0.3) is 11.2 Å². The molecule has 0 bridgehead atoms. The van der Waals surface area contributed by atoms with Gasteiger partial charge in [0.25, 0.3) is 0 Å². The fraction of sp³-hybridized carbons (Fsp3) is 0.100. The van der Waals surface area contributed by atoms with Gasteiger partial charge in [-0.15, -0.1) is 0 Å². The maximum Gasteiger partial charge on any atom is 0.231 e. The van der Waals surface area contributed by atoms with Crippen LogP contribution < -0.4 is 10.6 Å². The maximum absolute atomic E-state index is 6.21. The first kappa shape index (κ1) is 17.2. The van der Waals surface area contributed by atoms with Gasteiger partial charge in [-0.3, -0.25) is 0 Å². The number of nitrogens with one attached hydrogen (secondary N) is 2. The molecule has 4 rings (SSSR count). The molecule has 2 aromatic carbocycles. The molecule has 7 heteroatoms. The summed E-state index contributed by atoms with van der Waals surface area (Å²) in [6, 6.07) is 13.8. The van der Waals surface area contributed by atoms with Crippen LogP contribution in [0.15, 0.2) is 54.9 Å². The van der Waals surface area contributed by atoms with Crippen LogP contribution >= 0.6 is 11.6 Å². The van der Waals surface area contributed by atoms with E-state index < -0.39 is 0 Å². The van der Waals surface area contributed by atoms with Crippen LogP contribution in [0, 0.1) is 13.8 Å². The highest BCUT2D eigenvalue weighted by Gasteiger charge is 2.11. The van der Waals surface area contributed by atoms with Crippen LogP contribution in [0.3, 0.4) is 0 Å². The highest BCUT2D eigenvalue weighted by Crippen LogP contribution is 2.26. The molecule has 2 heterocycles. The van der Waals surface area contributed by atoms with Crippen molar-refractivity contribution in [1.82, 2.24) is 19.9 Å². The van der Waals surface area contributed by atoms with Crippen molar-refractivity contribution in [3.8, 4) is 0 Å². The summed E-state index contributed by atoms with van der Waals surface area (Å²) in [7, 11) is 0. The highest BCUT2D eigenvalue weighted by atomic mass is 35.5. The molecule has 0 unspecified atom stereocenters. The lowest BCUT2D eigenvalue weighted by atomic mass is 10.2. The van der Waals surface area contributed by atoms with E-state index >= 15 is 0 Å². The molecule has 2 aromatic heterocycles. The average Bonchev–Trinajstić information content (AvgIpc) is 2.67. The van der Waals surface area contributed by atoms with Crippen LogP contribution in [-0.2, 0) is 0 Å². The van der Waals surface area contributed by atoms with Gasteiger partial charge < -0.3 is 10.6 Å². The minimum atomic E-state index is 0.414. The molecule has 134 valence electrons. The van der Waals surface area contributed by atoms with Crippen molar-refractivity contribution in [2.45, 2.75) is 13.8 Å². The second kappa shape index (κ2) is 7.17. The van der Waals surface area contributed by atoms with Crippen molar-refractivity contribution in [1.29, 1.82) is 0 Å². The second-order valence-corrected chi connectivity index (χ2v) is 6.61. The molecule has 0 aliphatic heterocycles. The summed E-state index contributed by atoms with van der Waals surface area (Å²) < 4.78 is 0. The summed E-state index contributed by atoms with van der Waals surface area (Å²) in [6.45, 7) is 4.00. The van der Waals surface area contributed by atoms with E-state index in [9.17, 15) is 0 Å². The summed E-state index contributed by atoms with van der Waals surface area (Å²) >= 11 is 6.21.